The highest BCUT2D eigenvalue weighted by Gasteiger charge is 2.37. The van der Waals surface area contributed by atoms with Crippen molar-refractivity contribution in [1.82, 2.24) is 0 Å². The summed E-state index contributed by atoms with van der Waals surface area (Å²) in [4.78, 5) is 23.8. The molecule has 0 heterocycles. The van der Waals surface area contributed by atoms with Crippen LogP contribution in [0.2, 0.25) is 0 Å². The third-order valence-corrected chi connectivity index (χ3v) is 3.69. The van der Waals surface area contributed by atoms with Crippen molar-refractivity contribution >= 4 is 11.9 Å². The SMILES string of the molecule is CC(C)(C)OC(=O)[C@@H](C(=O)O)[C@@H](N)c1ccc(-c2ccccc2)cc1. The van der Waals surface area contributed by atoms with Crippen LogP contribution in [0, 0.1) is 5.92 Å². The van der Waals surface area contributed by atoms with E-state index < -0.39 is 29.5 Å². The van der Waals surface area contributed by atoms with Gasteiger partial charge in [-0.25, -0.2) is 0 Å². The van der Waals surface area contributed by atoms with Crippen molar-refractivity contribution in [1.29, 1.82) is 0 Å². The number of nitrogens with two attached hydrogens (primary N) is 1. The highest BCUT2D eigenvalue weighted by Crippen LogP contribution is 2.26. The first kappa shape index (κ1) is 18.7. The maximum atomic E-state index is 12.2. The Balaban J connectivity index is 2.23. The molecule has 0 unspecified atom stereocenters. The van der Waals surface area contributed by atoms with Crippen LogP contribution in [-0.4, -0.2) is 22.6 Å². The summed E-state index contributed by atoms with van der Waals surface area (Å²) in [5.41, 5.74) is 7.89. The molecule has 2 aromatic rings. The zero-order valence-corrected chi connectivity index (χ0v) is 14.6. The Morgan fingerprint density at radius 1 is 0.960 bits per heavy atom. The minimum atomic E-state index is -1.46. The quantitative estimate of drug-likeness (QED) is 0.643. The van der Waals surface area contributed by atoms with E-state index >= 15 is 0 Å². The van der Waals surface area contributed by atoms with E-state index in [4.69, 9.17) is 10.5 Å². The molecule has 0 aliphatic rings. The largest absolute Gasteiger partial charge is 0.481 e. The Hall–Kier alpha value is -2.66. The van der Waals surface area contributed by atoms with E-state index in [0.717, 1.165) is 11.1 Å². The van der Waals surface area contributed by atoms with Crippen LogP contribution in [0.5, 0.6) is 0 Å². The van der Waals surface area contributed by atoms with Crippen molar-refractivity contribution in [3.05, 3.63) is 60.2 Å². The lowest BCUT2D eigenvalue weighted by Crippen LogP contribution is -2.39. The number of benzene rings is 2. The highest BCUT2D eigenvalue weighted by molar-refractivity contribution is 5.95. The molecule has 2 atom stereocenters. The Morgan fingerprint density at radius 3 is 1.96 bits per heavy atom. The second kappa shape index (κ2) is 7.49. The van der Waals surface area contributed by atoms with Gasteiger partial charge < -0.3 is 15.6 Å². The molecule has 2 aromatic carbocycles. The van der Waals surface area contributed by atoms with Crippen molar-refractivity contribution < 1.29 is 19.4 Å². The van der Waals surface area contributed by atoms with Gasteiger partial charge in [0.2, 0.25) is 0 Å². The number of carbonyl (C=O) groups is 2. The molecule has 0 saturated heterocycles. The summed E-state index contributed by atoms with van der Waals surface area (Å²) in [5, 5.41) is 9.42. The first-order chi connectivity index (χ1) is 11.7. The van der Waals surface area contributed by atoms with E-state index in [0.29, 0.717) is 5.56 Å². The second-order valence-electron chi connectivity index (χ2n) is 6.86. The smallest absolute Gasteiger partial charge is 0.322 e. The van der Waals surface area contributed by atoms with Crippen molar-refractivity contribution in [2.45, 2.75) is 32.4 Å². The molecule has 25 heavy (non-hydrogen) atoms. The van der Waals surface area contributed by atoms with Gasteiger partial charge in [0.25, 0.3) is 0 Å². The van der Waals surface area contributed by atoms with E-state index in [-0.39, 0.29) is 0 Å². The summed E-state index contributed by atoms with van der Waals surface area (Å²) in [6.45, 7) is 5.05. The van der Waals surface area contributed by atoms with Crippen LogP contribution in [0.15, 0.2) is 54.6 Å². The van der Waals surface area contributed by atoms with Crippen LogP contribution >= 0.6 is 0 Å². The van der Waals surface area contributed by atoms with Gasteiger partial charge >= 0.3 is 11.9 Å². The van der Waals surface area contributed by atoms with E-state index in [9.17, 15) is 14.7 Å². The van der Waals surface area contributed by atoms with Gasteiger partial charge in [-0.1, -0.05) is 54.6 Å². The Bertz CT molecular complexity index is 733. The van der Waals surface area contributed by atoms with Crippen LogP contribution in [0.4, 0.5) is 0 Å². The van der Waals surface area contributed by atoms with Crippen molar-refractivity contribution in [2.24, 2.45) is 11.7 Å². The number of esters is 1. The van der Waals surface area contributed by atoms with Gasteiger partial charge in [0.1, 0.15) is 5.60 Å². The summed E-state index contributed by atoms with van der Waals surface area (Å²) < 4.78 is 5.20. The summed E-state index contributed by atoms with van der Waals surface area (Å²) in [6, 6.07) is 16.0. The number of carbonyl (C=O) groups excluding carboxylic acids is 1. The number of hydrogen-bond acceptors (Lipinski definition) is 4. The Morgan fingerprint density at radius 2 is 1.48 bits per heavy atom. The average molecular weight is 341 g/mol. The van der Waals surface area contributed by atoms with Crippen LogP contribution in [0.25, 0.3) is 11.1 Å². The summed E-state index contributed by atoms with van der Waals surface area (Å²) >= 11 is 0. The van der Waals surface area contributed by atoms with E-state index in [2.05, 4.69) is 0 Å². The minimum Gasteiger partial charge on any atom is -0.481 e. The third kappa shape index (κ3) is 4.90. The van der Waals surface area contributed by atoms with E-state index in [1.54, 1.807) is 32.9 Å². The van der Waals surface area contributed by atoms with Crippen LogP contribution in [0.3, 0.4) is 0 Å². The molecular weight excluding hydrogens is 318 g/mol. The lowest BCUT2D eigenvalue weighted by atomic mass is 9.92. The first-order valence-corrected chi connectivity index (χ1v) is 8.05. The second-order valence-corrected chi connectivity index (χ2v) is 6.86. The molecule has 0 amide bonds. The van der Waals surface area contributed by atoms with Gasteiger partial charge in [0.05, 0.1) is 6.04 Å². The third-order valence-electron chi connectivity index (χ3n) is 3.69. The van der Waals surface area contributed by atoms with Gasteiger partial charge in [0, 0.05) is 0 Å². The monoisotopic (exact) mass is 341 g/mol. The van der Waals surface area contributed by atoms with Crippen LogP contribution < -0.4 is 5.73 Å². The fraction of sp³-hybridized carbons (Fsp3) is 0.300. The topological polar surface area (TPSA) is 89.6 Å². The van der Waals surface area contributed by atoms with Gasteiger partial charge in [0.15, 0.2) is 5.92 Å². The van der Waals surface area contributed by atoms with Crippen LogP contribution in [-0.2, 0) is 14.3 Å². The highest BCUT2D eigenvalue weighted by atomic mass is 16.6. The maximum Gasteiger partial charge on any atom is 0.322 e. The maximum absolute atomic E-state index is 12.2. The molecule has 0 fully saturated rings. The summed E-state index contributed by atoms with van der Waals surface area (Å²) in [5.74, 6) is -3.59. The molecule has 0 aliphatic heterocycles. The molecule has 0 aliphatic carbocycles. The van der Waals surface area contributed by atoms with Gasteiger partial charge in [-0.05, 0) is 37.5 Å². The van der Waals surface area contributed by atoms with Gasteiger partial charge in [-0.15, -0.1) is 0 Å². The average Bonchev–Trinajstić information content (AvgIpc) is 2.54. The Kier molecular flexibility index (Phi) is 5.59. The number of ether oxygens (including phenoxy) is 1. The number of rotatable bonds is 5. The normalized spacial score (nSPS) is 13.8. The molecule has 5 nitrogen and oxygen atoms in total. The fourth-order valence-corrected chi connectivity index (χ4v) is 2.49. The Labute approximate surface area is 147 Å². The molecule has 132 valence electrons. The molecular formula is C20H23NO4. The standard InChI is InChI=1S/C20H23NO4/c1-20(2,3)25-19(24)16(18(22)23)17(21)15-11-9-14(10-12-15)13-7-5-4-6-8-13/h4-12,16-17H,21H2,1-3H3,(H,22,23)/t16-,17+/m1/s1. The summed E-state index contributed by atoms with van der Waals surface area (Å²) in [6.07, 6.45) is 0. The zero-order chi connectivity index (χ0) is 18.6. The van der Waals surface area contributed by atoms with Gasteiger partial charge in [-0.2, -0.15) is 0 Å². The molecule has 0 bridgehead atoms. The number of carboxylic acid groups (broad SMARTS) is 1. The fourth-order valence-electron chi connectivity index (χ4n) is 2.49. The molecule has 5 heteroatoms. The predicted octanol–water partition coefficient (Wildman–Crippen LogP) is 3.40. The number of carboxylic acids is 1. The predicted molar refractivity (Wildman–Crippen MR) is 95.8 cm³/mol. The van der Waals surface area contributed by atoms with Crippen molar-refractivity contribution in [2.75, 3.05) is 0 Å². The first-order valence-electron chi connectivity index (χ1n) is 8.05. The van der Waals surface area contributed by atoms with Crippen molar-refractivity contribution in [3.63, 3.8) is 0 Å². The molecule has 2 rings (SSSR count). The van der Waals surface area contributed by atoms with E-state index in [1.165, 1.54) is 0 Å². The molecule has 0 radical (unpaired) electrons. The lowest BCUT2D eigenvalue weighted by molar-refractivity contribution is -0.167. The molecule has 3 N–H and O–H groups in total. The van der Waals surface area contributed by atoms with E-state index in [1.807, 2.05) is 42.5 Å². The molecule has 0 spiro atoms. The zero-order valence-electron chi connectivity index (χ0n) is 14.6. The van der Waals surface area contributed by atoms with Crippen LogP contribution in [0.1, 0.15) is 32.4 Å². The summed E-state index contributed by atoms with van der Waals surface area (Å²) in [7, 11) is 0. The molecule has 0 saturated carbocycles. The van der Waals surface area contributed by atoms with Crippen molar-refractivity contribution in [3.8, 4) is 11.1 Å². The lowest BCUT2D eigenvalue weighted by Gasteiger charge is -2.25. The number of aliphatic carboxylic acids is 1. The van der Waals surface area contributed by atoms with Gasteiger partial charge in [-0.3, -0.25) is 9.59 Å². The molecule has 0 aromatic heterocycles. The number of hydrogen-bond donors (Lipinski definition) is 2. The minimum absolute atomic E-state index is 0.568.